The maximum absolute atomic E-state index is 12.4. The SMILES string of the molecule is COC(=O)c1ccc(N(c2cncc(C#Cc3cccc(OC(F)(F)F)c3)c2)[SH](=O)=O)c(OC)c1. The number of esters is 1. The van der Waals surface area contributed by atoms with Crippen LogP contribution >= 0.6 is 0 Å². The van der Waals surface area contributed by atoms with Crippen LogP contribution in [-0.2, 0) is 15.6 Å². The molecule has 0 saturated carbocycles. The van der Waals surface area contributed by atoms with Gasteiger partial charge in [-0.05, 0) is 42.5 Å². The molecule has 8 nitrogen and oxygen atoms in total. The van der Waals surface area contributed by atoms with Crippen LogP contribution in [0.2, 0.25) is 0 Å². The van der Waals surface area contributed by atoms with Crippen molar-refractivity contribution < 1.29 is 40.6 Å². The van der Waals surface area contributed by atoms with Crippen LogP contribution in [0, 0.1) is 11.8 Å². The van der Waals surface area contributed by atoms with Gasteiger partial charge in [0.1, 0.15) is 11.5 Å². The third kappa shape index (κ3) is 6.64. The zero-order valence-corrected chi connectivity index (χ0v) is 19.1. The third-order valence-electron chi connectivity index (χ3n) is 4.38. The van der Waals surface area contributed by atoms with Crippen molar-refractivity contribution in [1.29, 1.82) is 0 Å². The summed E-state index contributed by atoms with van der Waals surface area (Å²) in [6, 6.07) is 10.6. The number of ether oxygens (including phenoxy) is 3. The molecular formula is C23H17F3N2O6S. The summed E-state index contributed by atoms with van der Waals surface area (Å²) in [7, 11) is -0.702. The molecule has 0 atom stereocenters. The van der Waals surface area contributed by atoms with Gasteiger partial charge >= 0.3 is 12.3 Å². The van der Waals surface area contributed by atoms with Crippen LogP contribution in [0.15, 0.2) is 60.9 Å². The number of carbonyl (C=O) groups is 1. The molecule has 0 aliphatic heterocycles. The van der Waals surface area contributed by atoms with Gasteiger partial charge in [0.05, 0.1) is 37.4 Å². The fraction of sp³-hybridized carbons (Fsp3) is 0.130. The molecule has 1 aromatic heterocycles. The molecule has 0 N–H and O–H groups in total. The number of hydrogen-bond acceptors (Lipinski definition) is 7. The average molecular weight is 506 g/mol. The predicted octanol–water partition coefficient (Wildman–Crippen LogP) is 3.84. The number of anilines is 2. The lowest BCUT2D eigenvalue weighted by Crippen LogP contribution is -2.17. The van der Waals surface area contributed by atoms with E-state index in [0.29, 0.717) is 0 Å². The van der Waals surface area contributed by atoms with E-state index in [2.05, 4.69) is 26.3 Å². The fourth-order valence-electron chi connectivity index (χ4n) is 2.95. The minimum absolute atomic E-state index is 0.0880. The first-order valence-corrected chi connectivity index (χ1v) is 10.8. The van der Waals surface area contributed by atoms with E-state index in [0.717, 1.165) is 16.4 Å². The lowest BCUT2D eigenvalue weighted by atomic mass is 10.1. The van der Waals surface area contributed by atoms with E-state index in [9.17, 15) is 26.4 Å². The van der Waals surface area contributed by atoms with Gasteiger partial charge in [-0.2, -0.15) is 0 Å². The lowest BCUT2D eigenvalue weighted by molar-refractivity contribution is -0.274. The van der Waals surface area contributed by atoms with Crippen molar-refractivity contribution in [3.63, 3.8) is 0 Å². The van der Waals surface area contributed by atoms with Gasteiger partial charge in [-0.15, -0.1) is 13.2 Å². The molecule has 0 amide bonds. The predicted molar refractivity (Wildman–Crippen MR) is 120 cm³/mol. The van der Waals surface area contributed by atoms with Gasteiger partial charge in [0.2, 0.25) is 10.9 Å². The van der Waals surface area contributed by atoms with Crippen molar-refractivity contribution in [2.45, 2.75) is 6.36 Å². The molecule has 0 aliphatic rings. The van der Waals surface area contributed by atoms with Crippen molar-refractivity contribution in [3.8, 4) is 23.3 Å². The van der Waals surface area contributed by atoms with Crippen molar-refractivity contribution in [3.05, 3.63) is 77.6 Å². The van der Waals surface area contributed by atoms with E-state index in [1.165, 1.54) is 63.0 Å². The normalized spacial score (nSPS) is 10.8. The highest BCUT2D eigenvalue weighted by Crippen LogP contribution is 2.35. The Balaban J connectivity index is 1.96. The Morgan fingerprint density at radius 3 is 2.40 bits per heavy atom. The summed E-state index contributed by atoms with van der Waals surface area (Å²) in [6.45, 7) is 0. The fourth-order valence-corrected chi connectivity index (χ4v) is 3.59. The minimum Gasteiger partial charge on any atom is -0.495 e. The van der Waals surface area contributed by atoms with E-state index in [1.54, 1.807) is 0 Å². The molecule has 0 unspecified atom stereocenters. The summed E-state index contributed by atoms with van der Waals surface area (Å²) in [5, 5.41) is 0. The first-order valence-electron chi connectivity index (χ1n) is 9.65. The first-order chi connectivity index (χ1) is 16.6. The Morgan fingerprint density at radius 2 is 1.74 bits per heavy atom. The van der Waals surface area contributed by atoms with E-state index < -0.39 is 29.0 Å². The van der Waals surface area contributed by atoms with E-state index in [-0.39, 0.29) is 33.8 Å². The zero-order chi connectivity index (χ0) is 25.6. The highest BCUT2D eigenvalue weighted by Gasteiger charge is 2.31. The molecule has 0 saturated heterocycles. The molecule has 3 rings (SSSR count). The molecule has 35 heavy (non-hydrogen) atoms. The number of thiol groups is 1. The number of methoxy groups -OCH3 is 2. The Morgan fingerprint density at radius 1 is 1.00 bits per heavy atom. The van der Waals surface area contributed by atoms with Gasteiger partial charge in [0, 0.05) is 17.3 Å². The van der Waals surface area contributed by atoms with Crippen LogP contribution in [0.25, 0.3) is 0 Å². The molecule has 3 aromatic rings. The highest BCUT2D eigenvalue weighted by molar-refractivity contribution is 7.74. The molecule has 2 aromatic carbocycles. The van der Waals surface area contributed by atoms with Crippen molar-refractivity contribution in [2.24, 2.45) is 0 Å². The summed E-state index contributed by atoms with van der Waals surface area (Å²) in [5.74, 6) is 4.46. The summed E-state index contributed by atoms with van der Waals surface area (Å²) in [4.78, 5) is 15.8. The van der Waals surface area contributed by atoms with E-state index >= 15 is 0 Å². The largest absolute Gasteiger partial charge is 0.573 e. The second kappa shape index (κ2) is 10.8. The molecular weight excluding hydrogens is 489 g/mol. The molecule has 0 spiro atoms. The van der Waals surface area contributed by atoms with E-state index in [4.69, 9.17) is 4.74 Å². The number of rotatable bonds is 6. The number of alkyl halides is 3. The van der Waals surface area contributed by atoms with Gasteiger partial charge in [-0.1, -0.05) is 17.9 Å². The summed E-state index contributed by atoms with van der Waals surface area (Å²) in [5.41, 5.74) is 0.913. The van der Waals surface area contributed by atoms with Gasteiger partial charge in [-0.25, -0.2) is 17.5 Å². The number of benzene rings is 2. The Bertz CT molecular complexity index is 1370. The lowest BCUT2D eigenvalue weighted by Gasteiger charge is -2.20. The summed E-state index contributed by atoms with van der Waals surface area (Å²) >= 11 is 0. The molecule has 0 bridgehead atoms. The standard InChI is InChI=1S/C23H17F3N2O6S/c1-32-21-12-17(22(29)33-2)8-9-20(21)28(35(30)31)18-10-16(13-27-14-18)7-6-15-4-3-5-19(11-15)34-23(24,25)26/h3-5,8-14,35H,1-2H3. The number of nitrogens with zero attached hydrogens (tertiary/aromatic N) is 2. The van der Waals surface area contributed by atoms with Crippen molar-refractivity contribution in [2.75, 3.05) is 18.5 Å². The molecule has 12 heteroatoms. The quantitative estimate of drug-likeness (QED) is 0.308. The van der Waals surface area contributed by atoms with Gasteiger partial charge in [0.25, 0.3) is 0 Å². The second-order valence-electron chi connectivity index (χ2n) is 6.69. The number of halogens is 3. The maximum Gasteiger partial charge on any atom is 0.573 e. The molecule has 0 fully saturated rings. The Labute approximate surface area is 200 Å². The van der Waals surface area contributed by atoms with Gasteiger partial charge in [0.15, 0.2) is 0 Å². The molecule has 0 radical (unpaired) electrons. The van der Waals surface area contributed by atoms with Crippen molar-refractivity contribution in [1.82, 2.24) is 4.98 Å². The second-order valence-corrected chi connectivity index (χ2v) is 7.56. The van der Waals surface area contributed by atoms with Crippen molar-refractivity contribution >= 4 is 28.2 Å². The number of hydrogen-bond donors (Lipinski definition) is 1. The zero-order valence-electron chi connectivity index (χ0n) is 18.2. The third-order valence-corrected chi connectivity index (χ3v) is 5.15. The van der Waals surface area contributed by atoms with E-state index in [1.807, 2.05) is 0 Å². The first kappa shape index (κ1) is 25.4. The molecule has 182 valence electrons. The monoisotopic (exact) mass is 506 g/mol. The highest BCUT2D eigenvalue weighted by atomic mass is 32.2. The van der Waals surface area contributed by atoms with Crippen LogP contribution in [0.3, 0.4) is 0 Å². The summed E-state index contributed by atoms with van der Waals surface area (Å²) < 4.78 is 76.3. The van der Waals surface area contributed by atoms with Crippen LogP contribution in [0.4, 0.5) is 24.5 Å². The average Bonchev–Trinajstić information content (AvgIpc) is 2.82. The van der Waals surface area contributed by atoms with Crippen LogP contribution in [-0.4, -0.2) is 40.0 Å². The molecule has 1 heterocycles. The number of aromatic nitrogens is 1. The molecule has 0 aliphatic carbocycles. The maximum atomic E-state index is 12.4. The topological polar surface area (TPSA) is 95.0 Å². The van der Waals surface area contributed by atoms with Crippen LogP contribution in [0.5, 0.6) is 11.5 Å². The van der Waals surface area contributed by atoms with Gasteiger partial charge < -0.3 is 14.2 Å². The smallest absolute Gasteiger partial charge is 0.495 e. The Hall–Kier alpha value is -4.24. The summed E-state index contributed by atoms with van der Waals surface area (Å²) in [6.07, 6.45) is -2.19. The minimum atomic E-state index is -4.83. The number of carbonyl (C=O) groups excluding carboxylic acids is 1. The van der Waals surface area contributed by atoms with Gasteiger partial charge in [-0.3, -0.25) is 4.98 Å². The Kier molecular flexibility index (Phi) is 7.83. The van der Waals surface area contributed by atoms with Crippen LogP contribution < -0.4 is 13.8 Å². The van der Waals surface area contributed by atoms with Crippen LogP contribution in [0.1, 0.15) is 21.5 Å². The number of pyridine rings is 1.